The molecule has 1 amide bonds. The maximum Gasteiger partial charge on any atom is 0.230 e. The van der Waals surface area contributed by atoms with Crippen molar-refractivity contribution in [2.45, 2.75) is 13.3 Å². The smallest absolute Gasteiger partial charge is 0.230 e. The zero-order valence-electron chi connectivity index (χ0n) is 11.8. The lowest BCUT2D eigenvalue weighted by Gasteiger charge is -2.09. The van der Waals surface area contributed by atoms with Crippen LogP contribution in [-0.4, -0.2) is 22.8 Å². The molecule has 106 valence electrons. The Labute approximate surface area is 117 Å². The number of methoxy groups -OCH3 is 1. The second-order valence-electron chi connectivity index (χ2n) is 4.51. The minimum Gasteiger partial charge on any atom is -0.496 e. The highest BCUT2D eigenvalue weighted by Gasteiger charge is 2.14. The minimum atomic E-state index is -0.163. The lowest BCUT2D eigenvalue weighted by atomic mass is 10.1. The number of benzene rings is 1. The highest BCUT2D eigenvalue weighted by atomic mass is 16.5. The van der Waals surface area contributed by atoms with Crippen LogP contribution in [0.4, 0.5) is 11.5 Å². The number of nitrogens with zero attached hydrogens (tertiary/aromatic N) is 2. The number of rotatable bonds is 4. The maximum atomic E-state index is 12.1. The molecule has 0 bridgehead atoms. The van der Waals surface area contributed by atoms with Crippen LogP contribution >= 0.6 is 0 Å². The molecule has 0 unspecified atom stereocenters. The quantitative estimate of drug-likeness (QED) is 0.885. The summed E-state index contributed by atoms with van der Waals surface area (Å²) < 4.78 is 6.79. The monoisotopic (exact) mass is 274 g/mol. The summed E-state index contributed by atoms with van der Waals surface area (Å²) in [7, 11) is 3.32. The van der Waals surface area contributed by atoms with Gasteiger partial charge in [0.15, 0.2) is 5.82 Å². The first kappa shape index (κ1) is 13.9. The molecule has 20 heavy (non-hydrogen) atoms. The fraction of sp³-hybridized carbons (Fsp3) is 0.286. The first-order valence-electron chi connectivity index (χ1n) is 6.23. The third kappa shape index (κ3) is 2.74. The molecule has 0 aliphatic rings. The van der Waals surface area contributed by atoms with Crippen LogP contribution in [0.2, 0.25) is 0 Å². The molecule has 1 aromatic heterocycles. The summed E-state index contributed by atoms with van der Waals surface area (Å²) in [6, 6.07) is 7.41. The summed E-state index contributed by atoms with van der Waals surface area (Å²) >= 11 is 0. The number of aromatic nitrogens is 2. The van der Waals surface area contributed by atoms with Crippen molar-refractivity contribution in [2.75, 3.05) is 18.2 Å². The zero-order valence-corrected chi connectivity index (χ0v) is 11.8. The lowest BCUT2D eigenvalue weighted by molar-refractivity contribution is -0.115. The second kappa shape index (κ2) is 5.64. The van der Waals surface area contributed by atoms with E-state index in [2.05, 4.69) is 10.4 Å². The molecule has 0 saturated heterocycles. The predicted octanol–water partition coefficient (Wildman–Crippen LogP) is 1.50. The molecule has 1 heterocycles. The largest absolute Gasteiger partial charge is 0.496 e. The van der Waals surface area contributed by atoms with E-state index in [1.807, 2.05) is 24.3 Å². The lowest BCUT2D eigenvalue weighted by Crippen LogP contribution is -2.18. The van der Waals surface area contributed by atoms with Crippen molar-refractivity contribution in [3.63, 3.8) is 0 Å². The number of para-hydroxylation sites is 1. The summed E-state index contributed by atoms with van der Waals surface area (Å²) in [5.41, 5.74) is 7.88. The number of carbonyl (C=O) groups is 1. The molecule has 1 aromatic carbocycles. The number of carbonyl (C=O) groups excluding carboxylic acids is 1. The van der Waals surface area contributed by atoms with Crippen LogP contribution in [0.1, 0.15) is 11.3 Å². The van der Waals surface area contributed by atoms with E-state index in [1.54, 1.807) is 25.8 Å². The Kier molecular flexibility index (Phi) is 3.93. The van der Waals surface area contributed by atoms with Crippen molar-refractivity contribution in [1.29, 1.82) is 0 Å². The maximum absolute atomic E-state index is 12.1. The molecule has 0 saturated carbocycles. The summed E-state index contributed by atoms with van der Waals surface area (Å²) in [5, 5.41) is 6.94. The fourth-order valence-electron chi connectivity index (χ4n) is 2.02. The topological polar surface area (TPSA) is 82.2 Å². The van der Waals surface area contributed by atoms with Crippen LogP contribution in [0.3, 0.4) is 0 Å². The Bertz CT molecular complexity index is 634. The van der Waals surface area contributed by atoms with Gasteiger partial charge in [0.2, 0.25) is 5.91 Å². The molecule has 0 aliphatic heterocycles. The van der Waals surface area contributed by atoms with Gasteiger partial charge in [-0.1, -0.05) is 18.2 Å². The van der Waals surface area contributed by atoms with Crippen LogP contribution in [0.5, 0.6) is 5.75 Å². The summed E-state index contributed by atoms with van der Waals surface area (Å²) in [4.78, 5) is 12.1. The number of amides is 1. The number of hydrogen-bond donors (Lipinski definition) is 2. The molecule has 0 fully saturated rings. The van der Waals surface area contributed by atoms with Crippen molar-refractivity contribution in [2.24, 2.45) is 7.05 Å². The van der Waals surface area contributed by atoms with Gasteiger partial charge in [-0.25, -0.2) is 0 Å². The van der Waals surface area contributed by atoms with Crippen molar-refractivity contribution in [3.05, 3.63) is 35.5 Å². The van der Waals surface area contributed by atoms with Crippen LogP contribution < -0.4 is 15.8 Å². The Morgan fingerprint density at radius 1 is 1.45 bits per heavy atom. The van der Waals surface area contributed by atoms with Gasteiger partial charge in [0.05, 0.1) is 24.9 Å². The van der Waals surface area contributed by atoms with E-state index in [9.17, 15) is 4.79 Å². The van der Waals surface area contributed by atoms with E-state index in [4.69, 9.17) is 10.5 Å². The Morgan fingerprint density at radius 2 is 2.15 bits per heavy atom. The molecule has 0 radical (unpaired) electrons. The first-order chi connectivity index (χ1) is 9.52. The fourth-order valence-corrected chi connectivity index (χ4v) is 2.02. The highest BCUT2D eigenvalue weighted by Crippen LogP contribution is 2.22. The number of nitrogens with one attached hydrogen (secondary N) is 1. The van der Waals surface area contributed by atoms with Crippen LogP contribution in [-0.2, 0) is 18.3 Å². The van der Waals surface area contributed by atoms with Gasteiger partial charge in [0.1, 0.15) is 5.75 Å². The van der Waals surface area contributed by atoms with E-state index in [-0.39, 0.29) is 12.3 Å². The van der Waals surface area contributed by atoms with Crippen molar-refractivity contribution < 1.29 is 9.53 Å². The molecule has 2 rings (SSSR count). The Balaban J connectivity index is 2.13. The molecule has 6 nitrogen and oxygen atoms in total. The zero-order chi connectivity index (χ0) is 14.7. The standard InChI is InChI=1S/C14H18N4O2/c1-9-13(15)14(18(2)17-9)16-12(19)8-10-6-4-5-7-11(10)20-3/h4-7H,8,15H2,1-3H3,(H,16,19). The number of anilines is 2. The van der Waals surface area contributed by atoms with Gasteiger partial charge >= 0.3 is 0 Å². The number of nitrogens with two attached hydrogens (primary N) is 1. The second-order valence-corrected chi connectivity index (χ2v) is 4.51. The average molecular weight is 274 g/mol. The molecule has 2 aromatic rings. The number of ether oxygens (including phenoxy) is 1. The third-order valence-corrected chi connectivity index (χ3v) is 3.07. The van der Waals surface area contributed by atoms with Gasteiger partial charge in [-0.15, -0.1) is 0 Å². The van der Waals surface area contributed by atoms with Gasteiger partial charge in [-0.2, -0.15) is 5.10 Å². The van der Waals surface area contributed by atoms with E-state index < -0.39 is 0 Å². The highest BCUT2D eigenvalue weighted by molar-refractivity contribution is 5.94. The van der Waals surface area contributed by atoms with Crippen molar-refractivity contribution >= 4 is 17.4 Å². The third-order valence-electron chi connectivity index (χ3n) is 3.07. The predicted molar refractivity (Wildman–Crippen MR) is 77.7 cm³/mol. The Morgan fingerprint density at radius 3 is 2.75 bits per heavy atom. The molecule has 0 atom stereocenters. The van der Waals surface area contributed by atoms with Gasteiger partial charge in [0.25, 0.3) is 0 Å². The van der Waals surface area contributed by atoms with Gasteiger partial charge in [-0.05, 0) is 13.0 Å². The van der Waals surface area contributed by atoms with E-state index in [0.717, 1.165) is 5.56 Å². The van der Waals surface area contributed by atoms with Crippen LogP contribution in [0.25, 0.3) is 0 Å². The minimum absolute atomic E-state index is 0.163. The molecule has 0 aliphatic carbocycles. The van der Waals surface area contributed by atoms with E-state index in [0.29, 0.717) is 22.9 Å². The van der Waals surface area contributed by atoms with Gasteiger partial charge < -0.3 is 15.8 Å². The molecular formula is C14H18N4O2. The molecule has 3 N–H and O–H groups in total. The SMILES string of the molecule is COc1ccccc1CC(=O)Nc1c(N)c(C)nn1C. The van der Waals surface area contributed by atoms with Crippen LogP contribution in [0, 0.1) is 6.92 Å². The Hall–Kier alpha value is -2.50. The first-order valence-corrected chi connectivity index (χ1v) is 6.23. The normalized spacial score (nSPS) is 10.3. The number of nitrogen functional groups attached to an aromatic ring is 1. The number of aryl methyl sites for hydroxylation is 2. The molecular weight excluding hydrogens is 256 g/mol. The van der Waals surface area contributed by atoms with Crippen molar-refractivity contribution in [1.82, 2.24) is 9.78 Å². The molecule has 0 spiro atoms. The summed E-state index contributed by atoms with van der Waals surface area (Å²) in [6.45, 7) is 1.80. The summed E-state index contributed by atoms with van der Waals surface area (Å²) in [5.74, 6) is 1.04. The van der Waals surface area contributed by atoms with Crippen LogP contribution in [0.15, 0.2) is 24.3 Å². The molecule has 6 heteroatoms. The van der Waals surface area contributed by atoms with Gasteiger partial charge in [0, 0.05) is 12.6 Å². The van der Waals surface area contributed by atoms with Crippen molar-refractivity contribution in [3.8, 4) is 5.75 Å². The van der Waals surface area contributed by atoms with Gasteiger partial charge in [-0.3, -0.25) is 9.48 Å². The summed E-state index contributed by atoms with van der Waals surface area (Å²) in [6.07, 6.45) is 0.216. The number of hydrogen-bond acceptors (Lipinski definition) is 4. The van der Waals surface area contributed by atoms with E-state index >= 15 is 0 Å². The van der Waals surface area contributed by atoms with E-state index in [1.165, 1.54) is 0 Å². The average Bonchev–Trinajstić information content (AvgIpc) is 2.66.